The summed E-state index contributed by atoms with van der Waals surface area (Å²) in [6, 6.07) is 6.04. The minimum atomic E-state index is 0.0333. The monoisotopic (exact) mass is 368 g/mol. The lowest BCUT2D eigenvalue weighted by Crippen LogP contribution is -2.36. The van der Waals surface area contributed by atoms with Crippen LogP contribution in [0.2, 0.25) is 0 Å². The summed E-state index contributed by atoms with van der Waals surface area (Å²) < 4.78 is 7.72. The van der Waals surface area contributed by atoms with Gasteiger partial charge in [-0.15, -0.1) is 0 Å². The van der Waals surface area contributed by atoms with Gasteiger partial charge in [0.1, 0.15) is 11.6 Å². The molecule has 6 nitrogen and oxygen atoms in total. The molecule has 144 valence electrons. The van der Waals surface area contributed by atoms with Crippen LogP contribution in [0.1, 0.15) is 47.4 Å². The van der Waals surface area contributed by atoms with E-state index in [0.717, 1.165) is 81.0 Å². The number of imidazole rings is 1. The fourth-order valence-electron chi connectivity index (χ4n) is 3.98. The Morgan fingerprint density at radius 3 is 3.07 bits per heavy atom. The number of nitrogens with one attached hydrogen (secondary N) is 1. The molecule has 27 heavy (non-hydrogen) atoms. The van der Waals surface area contributed by atoms with E-state index in [1.807, 2.05) is 37.6 Å². The van der Waals surface area contributed by atoms with Gasteiger partial charge in [0.2, 0.25) is 0 Å². The normalized spacial score (nSPS) is 20.4. The number of carbonyl (C=O) groups excluding carboxylic acids is 1. The number of nitrogens with zero attached hydrogens (tertiary/aromatic N) is 3. The quantitative estimate of drug-likeness (QED) is 0.901. The number of aromatic nitrogens is 2. The molecule has 1 amide bonds. The lowest BCUT2D eigenvalue weighted by Gasteiger charge is -2.21. The second-order valence-electron chi connectivity index (χ2n) is 7.61. The zero-order chi connectivity index (χ0) is 18.6. The molecule has 1 saturated heterocycles. The smallest absolute Gasteiger partial charge is 0.251 e. The summed E-state index contributed by atoms with van der Waals surface area (Å²) in [4.78, 5) is 19.6. The predicted octanol–water partition coefficient (Wildman–Crippen LogP) is 2.53. The zero-order valence-electron chi connectivity index (χ0n) is 16.0. The second-order valence-corrected chi connectivity index (χ2v) is 7.61. The molecule has 1 aromatic carbocycles. The second kappa shape index (κ2) is 8.13. The van der Waals surface area contributed by atoms with Gasteiger partial charge >= 0.3 is 0 Å². The number of amides is 1. The molecule has 1 fully saturated rings. The van der Waals surface area contributed by atoms with Crippen molar-refractivity contribution in [3.63, 3.8) is 0 Å². The third kappa shape index (κ3) is 4.33. The van der Waals surface area contributed by atoms with Crippen LogP contribution in [-0.4, -0.2) is 46.1 Å². The number of rotatable bonds is 4. The molecule has 6 heteroatoms. The first kappa shape index (κ1) is 18.0. The molecule has 1 N–H and O–H groups in total. The van der Waals surface area contributed by atoms with Crippen LogP contribution in [0.5, 0.6) is 5.75 Å². The van der Waals surface area contributed by atoms with E-state index in [1.165, 1.54) is 0 Å². The molecule has 0 saturated carbocycles. The highest BCUT2D eigenvalue weighted by molar-refractivity contribution is 5.94. The Balaban J connectivity index is 1.33. The molecular formula is C21H28N4O2. The fraction of sp³-hybridized carbons (Fsp3) is 0.524. The van der Waals surface area contributed by atoms with Crippen molar-refractivity contribution in [2.75, 3.05) is 19.7 Å². The third-order valence-electron chi connectivity index (χ3n) is 5.61. The summed E-state index contributed by atoms with van der Waals surface area (Å²) in [5, 5.41) is 3.25. The summed E-state index contributed by atoms with van der Waals surface area (Å²) in [5.74, 6) is 2.05. The number of carbonyl (C=O) groups is 1. The van der Waals surface area contributed by atoms with Crippen LogP contribution >= 0.6 is 0 Å². The Bertz CT molecular complexity index is 801. The van der Waals surface area contributed by atoms with Crippen molar-refractivity contribution in [3.8, 4) is 5.75 Å². The van der Waals surface area contributed by atoms with Gasteiger partial charge in [-0.05, 0) is 62.4 Å². The topological polar surface area (TPSA) is 59.4 Å². The highest BCUT2D eigenvalue weighted by Gasteiger charge is 2.21. The number of likely N-dealkylation sites (tertiary alicyclic amines) is 1. The minimum absolute atomic E-state index is 0.0333. The van der Waals surface area contributed by atoms with Crippen LogP contribution in [0.15, 0.2) is 30.6 Å². The van der Waals surface area contributed by atoms with Gasteiger partial charge in [-0.2, -0.15) is 0 Å². The lowest BCUT2D eigenvalue weighted by molar-refractivity contribution is 0.0933. The first-order valence-corrected chi connectivity index (χ1v) is 9.94. The van der Waals surface area contributed by atoms with E-state index in [2.05, 4.69) is 19.8 Å². The van der Waals surface area contributed by atoms with Crippen LogP contribution in [0, 0.1) is 0 Å². The van der Waals surface area contributed by atoms with E-state index in [0.29, 0.717) is 0 Å². The maximum absolute atomic E-state index is 12.7. The number of hydrogen-bond acceptors (Lipinski definition) is 4. The van der Waals surface area contributed by atoms with Crippen LogP contribution in [0.25, 0.3) is 0 Å². The Labute approximate surface area is 160 Å². The molecule has 1 atom stereocenters. The van der Waals surface area contributed by atoms with Crippen molar-refractivity contribution >= 4 is 5.91 Å². The minimum Gasteiger partial charge on any atom is -0.493 e. The lowest BCUT2D eigenvalue weighted by atomic mass is 10.0. The van der Waals surface area contributed by atoms with Gasteiger partial charge in [-0.3, -0.25) is 9.69 Å². The van der Waals surface area contributed by atoms with Crippen molar-refractivity contribution < 1.29 is 9.53 Å². The van der Waals surface area contributed by atoms with Gasteiger partial charge in [0.25, 0.3) is 5.91 Å². The van der Waals surface area contributed by atoms with Crippen molar-refractivity contribution in [1.82, 2.24) is 19.8 Å². The van der Waals surface area contributed by atoms with E-state index in [-0.39, 0.29) is 11.9 Å². The SMILES string of the molecule is Cn1ccnc1CN1CCC[C@@H](NC(=O)c2ccc3c(c2)CCCO3)CC1. The first-order valence-electron chi connectivity index (χ1n) is 9.94. The number of fused-ring (bicyclic) bond motifs is 1. The zero-order valence-corrected chi connectivity index (χ0v) is 16.0. The molecule has 0 spiro atoms. The largest absolute Gasteiger partial charge is 0.493 e. The van der Waals surface area contributed by atoms with Gasteiger partial charge in [0, 0.05) is 37.6 Å². The summed E-state index contributed by atoms with van der Waals surface area (Å²) in [7, 11) is 2.03. The average Bonchev–Trinajstić information content (AvgIpc) is 2.96. The van der Waals surface area contributed by atoms with E-state index < -0.39 is 0 Å². The van der Waals surface area contributed by atoms with Crippen molar-refractivity contribution in [1.29, 1.82) is 0 Å². The highest BCUT2D eigenvalue weighted by atomic mass is 16.5. The number of ether oxygens (including phenoxy) is 1. The molecule has 0 aliphatic carbocycles. The Kier molecular flexibility index (Phi) is 5.43. The van der Waals surface area contributed by atoms with Gasteiger partial charge in [0.05, 0.1) is 13.2 Å². The van der Waals surface area contributed by atoms with E-state index >= 15 is 0 Å². The molecule has 2 aliphatic heterocycles. The molecular weight excluding hydrogens is 340 g/mol. The van der Waals surface area contributed by atoms with Crippen LogP contribution < -0.4 is 10.1 Å². The Morgan fingerprint density at radius 2 is 2.22 bits per heavy atom. The molecule has 1 aromatic heterocycles. The predicted molar refractivity (Wildman–Crippen MR) is 104 cm³/mol. The van der Waals surface area contributed by atoms with E-state index in [4.69, 9.17) is 4.74 Å². The fourth-order valence-corrected chi connectivity index (χ4v) is 3.98. The van der Waals surface area contributed by atoms with E-state index in [9.17, 15) is 4.79 Å². The maximum atomic E-state index is 12.7. The van der Waals surface area contributed by atoms with E-state index in [1.54, 1.807) is 0 Å². The molecule has 4 rings (SSSR count). The average molecular weight is 368 g/mol. The van der Waals surface area contributed by atoms with Crippen molar-refractivity contribution in [2.45, 2.75) is 44.7 Å². The van der Waals surface area contributed by atoms with Crippen molar-refractivity contribution in [2.24, 2.45) is 7.05 Å². The van der Waals surface area contributed by atoms with Crippen LogP contribution in [0.4, 0.5) is 0 Å². The standard InChI is InChI=1S/C21H28N4O2/c1-24-12-9-22-20(24)15-25-10-2-5-18(8-11-25)23-21(26)17-6-7-19-16(14-17)4-3-13-27-19/h6-7,9,12,14,18H,2-5,8,10-11,13,15H2,1H3,(H,23,26)/t18-/m1/s1. The van der Waals surface area contributed by atoms with Crippen LogP contribution in [-0.2, 0) is 20.0 Å². The molecule has 3 heterocycles. The van der Waals surface area contributed by atoms with Gasteiger partial charge in [0.15, 0.2) is 0 Å². The number of benzene rings is 1. The van der Waals surface area contributed by atoms with Gasteiger partial charge < -0.3 is 14.6 Å². The highest BCUT2D eigenvalue weighted by Crippen LogP contribution is 2.25. The van der Waals surface area contributed by atoms with Gasteiger partial charge in [-0.25, -0.2) is 4.98 Å². The molecule has 2 aromatic rings. The third-order valence-corrected chi connectivity index (χ3v) is 5.61. The molecule has 0 radical (unpaired) electrons. The van der Waals surface area contributed by atoms with Gasteiger partial charge in [-0.1, -0.05) is 0 Å². The molecule has 0 bridgehead atoms. The summed E-state index contributed by atoms with van der Waals surface area (Å²) >= 11 is 0. The summed E-state index contributed by atoms with van der Waals surface area (Å²) in [5.41, 5.74) is 1.89. The Morgan fingerprint density at radius 1 is 1.30 bits per heavy atom. The number of hydrogen-bond donors (Lipinski definition) is 1. The number of aryl methyl sites for hydroxylation is 2. The Hall–Kier alpha value is -2.34. The molecule has 0 unspecified atom stereocenters. The first-order chi connectivity index (χ1) is 13.2. The maximum Gasteiger partial charge on any atom is 0.251 e. The molecule has 2 aliphatic rings. The van der Waals surface area contributed by atoms with Crippen molar-refractivity contribution in [3.05, 3.63) is 47.5 Å². The summed E-state index contributed by atoms with van der Waals surface area (Å²) in [6.45, 7) is 3.68. The summed E-state index contributed by atoms with van der Waals surface area (Å²) in [6.07, 6.45) is 8.93. The van der Waals surface area contributed by atoms with Crippen LogP contribution in [0.3, 0.4) is 0 Å².